The van der Waals surface area contributed by atoms with Crippen LogP contribution >= 0.6 is 0 Å². The molecule has 2 aromatic heterocycles. The van der Waals surface area contributed by atoms with E-state index >= 15 is 0 Å². The molecule has 0 aliphatic carbocycles. The Hall–Kier alpha value is -3.21. The lowest BCUT2D eigenvalue weighted by Gasteiger charge is -2.35. The Bertz CT molecular complexity index is 858. The predicted molar refractivity (Wildman–Crippen MR) is 102 cm³/mol. The van der Waals surface area contributed by atoms with Crippen LogP contribution in [0.2, 0.25) is 0 Å². The fourth-order valence-corrected chi connectivity index (χ4v) is 3.19. The predicted octanol–water partition coefficient (Wildman–Crippen LogP) is 3.11. The molecule has 3 heterocycles. The number of hydrogen-bond donors (Lipinski definition) is 0. The Kier molecular flexibility index (Phi) is 4.60. The lowest BCUT2D eigenvalue weighted by atomic mass is 10.1. The van der Waals surface area contributed by atoms with Crippen molar-refractivity contribution in [2.45, 2.75) is 0 Å². The number of carbonyl (C=O) groups is 1. The lowest BCUT2D eigenvalue weighted by Crippen LogP contribution is -2.49. The number of carbonyl (C=O) groups excluding carboxylic acids is 1. The van der Waals surface area contributed by atoms with Crippen LogP contribution in [0.4, 0.5) is 5.82 Å². The van der Waals surface area contributed by atoms with Gasteiger partial charge in [-0.2, -0.15) is 0 Å². The highest BCUT2D eigenvalue weighted by Gasteiger charge is 2.22. The van der Waals surface area contributed by atoms with Crippen LogP contribution < -0.4 is 4.90 Å². The van der Waals surface area contributed by atoms with E-state index < -0.39 is 0 Å². The Morgan fingerprint density at radius 3 is 2.19 bits per heavy atom. The minimum absolute atomic E-state index is 0.103. The van der Waals surface area contributed by atoms with Gasteiger partial charge in [0.05, 0.1) is 0 Å². The molecule has 1 fully saturated rings. The first-order valence-corrected chi connectivity index (χ1v) is 8.77. The molecular formula is C21H20N4O. The third kappa shape index (κ3) is 3.42. The lowest BCUT2D eigenvalue weighted by molar-refractivity contribution is 0.0746. The van der Waals surface area contributed by atoms with Crippen LogP contribution in [0.15, 0.2) is 73.2 Å². The number of benzene rings is 1. The highest BCUT2D eigenvalue weighted by atomic mass is 16.2. The summed E-state index contributed by atoms with van der Waals surface area (Å²) in [5, 5.41) is 0. The SMILES string of the molecule is O=C(c1ccccc1)N1CCN(c2ccc(-c3ccncc3)cn2)CC1. The molecule has 5 nitrogen and oxygen atoms in total. The second-order valence-electron chi connectivity index (χ2n) is 6.29. The van der Waals surface area contributed by atoms with E-state index in [1.807, 2.05) is 59.6 Å². The summed E-state index contributed by atoms with van der Waals surface area (Å²) in [5.74, 6) is 1.06. The first-order chi connectivity index (χ1) is 12.8. The number of rotatable bonds is 3. The normalized spacial score (nSPS) is 14.3. The molecule has 4 rings (SSSR count). The van der Waals surface area contributed by atoms with Crippen LogP contribution in [0, 0.1) is 0 Å². The maximum absolute atomic E-state index is 12.5. The van der Waals surface area contributed by atoms with Gasteiger partial charge in [0.1, 0.15) is 5.82 Å². The zero-order valence-corrected chi connectivity index (χ0v) is 14.5. The molecule has 1 saturated heterocycles. The fourth-order valence-electron chi connectivity index (χ4n) is 3.19. The van der Waals surface area contributed by atoms with E-state index in [4.69, 9.17) is 0 Å². The van der Waals surface area contributed by atoms with E-state index in [1.165, 1.54) is 0 Å². The third-order valence-corrected chi connectivity index (χ3v) is 4.67. The molecule has 0 atom stereocenters. The summed E-state index contributed by atoms with van der Waals surface area (Å²) in [6.45, 7) is 3.00. The summed E-state index contributed by atoms with van der Waals surface area (Å²) in [4.78, 5) is 25.3. The molecule has 1 aliphatic rings. The number of aromatic nitrogens is 2. The molecule has 0 N–H and O–H groups in total. The summed E-state index contributed by atoms with van der Waals surface area (Å²) < 4.78 is 0. The van der Waals surface area contributed by atoms with Gasteiger partial charge < -0.3 is 9.80 Å². The van der Waals surface area contributed by atoms with Crippen LogP contribution in [-0.4, -0.2) is 47.0 Å². The number of amides is 1. The largest absolute Gasteiger partial charge is 0.353 e. The summed E-state index contributed by atoms with van der Waals surface area (Å²) in [5.41, 5.74) is 2.94. The van der Waals surface area contributed by atoms with E-state index in [-0.39, 0.29) is 5.91 Å². The highest BCUT2D eigenvalue weighted by molar-refractivity contribution is 5.94. The summed E-state index contributed by atoms with van der Waals surface area (Å²) in [6.07, 6.45) is 5.46. The summed E-state index contributed by atoms with van der Waals surface area (Å²) in [6, 6.07) is 17.5. The molecule has 0 unspecified atom stereocenters. The van der Waals surface area contributed by atoms with E-state index in [2.05, 4.69) is 20.9 Å². The number of nitrogens with zero attached hydrogens (tertiary/aromatic N) is 4. The van der Waals surface area contributed by atoms with Gasteiger partial charge in [-0.25, -0.2) is 4.98 Å². The van der Waals surface area contributed by atoms with Crippen molar-refractivity contribution in [2.75, 3.05) is 31.1 Å². The van der Waals surface area contributed by atoms with Crippen molar-refractivity contribution in [3.63, 3.8) is 0 Å². The van der Waals surface area contributed by atoms with Gasteiger partial charge in [0.2, 0.25) is 0 Å². The van der Waals surface area contributed by atoms with Gasteiger partial charge in [-0.15, -0.1) is 0 Å². The topological polar surface area (TPSA) is 49.3 Å². The van der Waals surface area contributed by atoms with E-state index in [0.717, 1.165) is 35.6 Å². The van der Waals surface area contributed by atoms with Gasteiger partial charge in [0, 0.05) is 55.9 Å². The number of piperazine rings is 1. The van der Waals surface area contributed by atoms with Crippen LogP contribution in [0.1, 0.15) is 10.4 Å². The summed E-state index contributed by atoms with van der Waals surface area (Å²) >= 11 is 0. The van der Waals surface area contributed by atoms with Crippen molar-refractivity contribution in [1.82, 2.24) is 14.9 Å². The quantitative estimate of drug-likeness (QED) is 0.732. The average molecular weight is 344 g/mol. The molecule has 5 heteroatoms. The van der Waals surface area contributed by atoms with Crippen LogP contribution in [-0.2, 0) is 0 Å². The van der Waals surface area contributed by atoms with Crippen molar-refractivity contribution in [1.29, 1.82) is 0 Å². The number of anilines is 1. The smallest absolute Gasteiger partial charge is 0.253 e. The van der Waals surface area contributed by atoms with Crippen molar-refractivity contribution in [2.24, 2.45) is 0 Å². The van der Waals surface area contributed by atoms with E-state index in [0.29, 0.717) is 13.1 Å². The van der Waals surface area contributed by atoms with Crippen molar-refractivity contribution < 1.29 is 4.79 Å². The maximum atomic E-state index is 12.5. The van der Waals surface area contributed by atoms with Crippen molar-refractivity contribution in [3.8, 4) is 11.1 Å². The first-order valence-electron chi connectivity index (χ1n) is 8.77. The zero-order chi connectivity index (χ0) is 17.8. The monoisotopic (exact) mass is 344 g/mol. The molecule has 130 valence electrons. The summed E-state index contributed by atoms with van der Waals surface area (Å²) in [7, 11) is 0. The van der Waals surface area contributed by atoms with Crippen molar-refractivity contribution >= 4 is 11.7 Å². The molecule has 0 bridgehead atoms. The molecule has 26 heavy (non-hydrogen) atoms. The maximum Gasteiger partial charge on any atom is 0.253 e. The Labute approximate surface area is 152 Å². The van der Waals surface area contributed by atoms with Gasteiger partial charge in [-0.3, -0.25) is 9.78 Å². The van der Waals surface area contributed by atoms with Crippen LogP contribution in [0.5, 0.6) is 0 Å². The van der Waals surface area contributed by atoms with Crippen LogP contribution in [0.3, 0.4) is 0 Å². The minimum atomic E-state index is 0.103. The number of hydrogen-bond acceptors (Lipinski definition) is 4. The van der Waals surface area contributed by atoms with Crippen molar-refractivity contribution in [3.05, 3.63) is 78.8 Å². The van der Waals surface area contributed by atoms with Gasteiger partial charge in [-0.1, -0.05) is 18.2 Å². The standard InChI is InChI=1S/C21H20N4O/c26-21(18-4-2-1-3-5-18)25-14-12-24(13-15-25)20-7-6-19(16-23-20)17-8-10-22-11-9-17/h1-11,16H,12-15H2. The van der Waals surface area contributed by atoms with E-state index in [1.54, 1.807) is 12.4 Å². The molecular weight excluding hydrogens is 324 g/mol. The van der Waals surface area contributed by atoms with Gasteiger partial charge in [0.25, 0.3) is 5.91 Å². The van der Waals surface area contributed by atoms with Crippen LogP contribution in [0.25, 0.3) is 11.1 Å². The fraction of sp³-hybridized carbons (Fsp3) is 0.190. The Morgan fingerprint density at radius 1 is 0.808 bits per heavy atom. The molecule has 1 aliphatic heterocycles. The molecule has 0 spiro atoms. The number of pyridine rings is 2. The third-order valence-electron chi connectivity index (χ3n) is 4.67. The molecule has 0 radical (unpaired) electrons. The Balaban J connectivity index is 1.40. The Morgan fingerprint density at radius 2 is 1.54 bits per heavy atom. The second kappa shape index (κ2) is 7.35. The molecule has 1 amide bonds. The molecule has 1 aromatic carbocycles. The molecule has 3 aromatic rings. The highest BCUT2D eigenvalue weighted by Crippen LogP contribution is 2.21. The zero-order valence-electron chi connectivity index (χ0n) is 14.5. The van der Waals surface area contributed by atoms with E-state index in [9.17, 15) is 4.79 Å². The van der Waals surface area contributed by atoms with Gasteiger partial charge in [-0.05, 0) is 42.0 Å². The van der Waals surface area contributed by atoms with Gasteiger partial charge >= 0.3 is 0 Å². The molecule has 0 saturated carbocycles. The minimum Gasteiger partial charge on any atom is -0.353 e. The second-order valence-corrected chi connectivity index (χ2v) is 6.29. The first kappa shape index (κ1) is 16.3. The average Bonchev–Trinajstić information content (AvgIpc) is 2.75. The van der Waals surface area contributed by atoms with Gasteiger partial charge in [0.15, 0.2) is 0 Å².